The van der Waals surface area contributed by atoms with Gasteiger partial charge < -0.3 is 5.32 Å². The first-order valence-corrected chi connectivity index (χ1v) is 8.80. The van der Waals surface area contributed by atoms with Gasteiger partial charge >= 0.3 is 0 Å². The van der Waals surface area contributed by atoms with Crippen LogP contribution in [0.15, 0.2) is 53.4 Å². The average Bonchev–Trinajstić information content (AvgIpc) is 3.23. The molecule has 3 aromatic rings. The smallest absolute Gasteiger partial charge is 0.244 e. The number of carbonyl (C=O) groups is 1. The van der Waals surface area contributed by atoms with Gasteiger partial charge in [0.05, 0.1) is 17.9 Å². The standard InChI is InChI=1S/C19H18FN3OS/c1-13(22-19(24)8-3-15-9-10-25-12-15)18-11-21-23(14(18)2)17-6-4-16(20)5-7-17/h3-13H,1-2H3,(H,22,24). The van der Waals surface area contributed by atoms with Crippen molar-refractivity contribution in [2.75, 3.05) is 0 Å². The Bertz CT molecular complexity index is 882. The molecule has 0 spiro atoms. The molecule has 2 heterocycles. The van der Waals surface area contributed by atoms with Crippen LogP contribution in [0.3, 0.4) is 0 Å². The summed E-state index contributed by atoms with van der Waals surface area (Å²) in [5, 5.41) is 11.2. The van der Waals surface area contributed by atoms with Gasteiger partial charge in [-0.25, -0.2) is 9.07 Å². The van der Waals surface area contributed by atoms with Crippen molar-refractivity contribution >= 4 is 23.3 Å². The van der Waals surface area contributed by atoms with Gasteiger partial charge in [-0.05, 0) is 66.6 Å². The van der Waals surface area contributed by atoms with Crippen LogP contribution in [-0.2, 0) is 4.79 Å². The van der Waals surface area contributed by atoms with E-state index in [1.165, 1.54) is 18.2 Å². The fraction of sp³-hybridized carbons (Fsp3) is 0.158. The number of rotatable bonds is 5. The van der Waals surface area contributed by atoms with Crippen LogP contribution in [0.25, 0.3) is 11.8 Å². The summed E-state index contributed by atoms with van der Waals surface area (Å²) < 4.78 is 14.8. The van der Waals surface area contributed by atoms with Gasteiger partial charge in [0, 0.05) is 17.3 Å². The van der Waals surface area contributed by atoms with Crippen LogP contribution in [0.4, 0.5) is 4.39 Å². The maximum Gasteiger partial charge on any atom is 0.244 e. The maximum absolute atomic E-state index is 13.1. The van der Waals surface area contributed by atoms with Crippen LogP contribution in [0.5, 0.6) is 0 Å². The van der Waals surface area contributed by atoms with Crippen molar-refractivity contribution in [2.24, 2.45) is 0 Å². The molecular formula is C19H18FN3OS. The molecule has 0 aliphatic carbocycles. The van der Waals surface area contributed by atoms with Crippen molar-refractivity contribution in [1.29, 1.82) is 0 Å². The Morgan fingerprint density at radius 3 is 2.76 bits per heavy atom. The zero-order valence-corrected chi connectivity index (χ0v) is 14.8. The minimum absolute atomic E-state index is 0.160. The second kappa shape index (κ2) is 7.44. The summed E-state index contributed by atoms with van der Waals surface area (Å²) in [5.41, 5.74) is 3.61. The van der Waals surface area contributed by atoms with Gasteiger partial charge in [0.15, 0.2) is 0 Å². The number of hydrogen-bond donors (Lipinski definition) is 1. The van der Waals surface area contributed by atoms with Crippen LogP contribution in [-0.4, -0.2) is 15.7 Å². The molecule has 1 amide bonds. The number of nitrogens with zero attached hydrogens (tertiary/aromatic N) is 2. The highest BCUT2D eigenvalue weighted by atomic mass is 32.1. The molecule has 0 aliphatic heterocycles. The number of nitrogens with one attached hydrogen (secondary N) is 1. The SMILES string of the molecule is Cc1c(C(C)NC(=O)C=Cc2ccsc2)cnn1-c1ccc(F)cc1. The van der Waals surface area contributed by atoms with E-state index in [4.69, 9.17) is 0 Å². The summed E-state index contributed by atoms with van der Waals surface area (Å²) in [5.74, 6) is -0.445. The number of amides is 1. The summed E-state index contributed by atoms with van der Waals surface area (Å²) in [7, 11) is 0. The van der Waals surface area contributed by atoms with E-state index in [2.05, 4.69) is 10.4 Å². The van der Waals surface area contributed by atoms with E-state index in [9.17, 15) is 9.18 Å². The van der Waals surface area contributed by atoms with E-state index in [1.54, 1.807) is 40.4 Å². The quantitative estimate of drug-likeness (QED) is 0.695. The van der Waals surface area contributed by atoms with Gasteiger partial charge in [0.2, 0.25) is 5.91 Å². The van der Waals surface area contributed by atoms with E-state index >= 15 is 0 Å². The average molecular weight is 355 g/mol. The van der Waals surface area contributed by atoms with Gasteiger partial charge in [0.25, 0.3) is 0 Å². The molecule has 1 atom stereocenters. The number of halogens is 1. The van der Waals surface area contributed by atoms with Gasteiger partial charge in [0.1, 0.15) is 5.82 Å². The third-order valence-electron chi connectivity index (χ3n) is 3.91. The summed E-state index contributed by atoms with van der Waals surface area (Å²) in [4.78, 5) is 12.1. The molecule has 1 unspecified atom stereocenters. The normalized spacial score (nSPS) is 12.4. The highest BCUT2D eigenvalue weighted by Gasteiger charge is 2.15. The lowest BCUT2D eigenvalue weighted by Gasteiger charge is -2.13. The van der Waals surface area contributed by atoms with E-state index in [1.807, 2.05) is 30.7 Å². The minimum Gasteiger partial charge on any atom is -0.346 e. The Labute approximate surface area is 149 Å². The molecular weight excluding hydrogens is 337 g/mol. The maximum atomic E-state index is 13.1. The fourth-order valence-electron chi connectivity index (χ4n) is 2.57. The molecule has 2 aromatic heterocycles. The van der Waals surface area contributed by atoms with Crippen LogP contribution >= 0.6 is 11.3 Å². The van der Waals surface area contributed by atoms with Gasteiger partial charge in [-0.1, -0.05) is 0 Å². The highest BCUT2D eigenvalue weighted by Crippen LogP contribution is 2.20. The van der Waals surface area contributed by atoms with Crippen molar-refractivity contribution in [3.05, 3.63) is 76.0 Å². The Balaban J connectivity index is 1.71. The molecule has 4 nitrogen and oxygen atoms in total. The molecule has 0 fully saturated rings. The predicted molar refractivity (Wildman–Crippen MR) is 98.2 cm³/mol. The molecule has 0 saturated heterocycles. The molecule has 0 aliphatic rings. The Kier molecular flexibility index (Phi) is 5.09. The van der Waals surface area contributed by atoms with Crippen LogP contribution in [0.1, 0.15) is 29.8 Å². The lowest BCUT2D eigenvalue weighted by Crippen LogP contribution is -2.25. The number of hydrogen-bond acceptors (Lipinski definition) is 3. The first-order chi connectivity index (χ1) is 12.0. The first-order valence-electron chi connectivity index (χ1n) is 7.86. The third kappa shape index (κ3) is 4.03. The first kappa shape index (κ1) is 17.1. The van der Waals surface area contributed by atoms with Crippen LogP contribution < -0.4 is 5.32 Å². The van der Waals surface area contributed by atoms with Crippen molar-refractivity contribution in [3.8, 4) is 5.69 Å². The largest absolute Gasteiger partial charge is 0.346 e. The van der Waals surface area contributed by atoms with Crippen molar-refractivity contribution in [1.82, 2.24) is 15.1 Å². The molecule has 0 radical (unpaired) electrons. The molecule has 0 bridgehead atoms. The summed E-state index contributed by atoms with van der Waals surface area (Å²) in [6, 6.07) is 7.91. The summed E-state index contributed by atoms with van der Waals surface area (Å²) in [6.07, 6.45) is 5.04. The summed E-state index contributed by atoms with van der Waals surface area (Å²) in [6.45, 7) is 3.84. The molecule has 128 valence electrons. The van der Waals surface area contributed by atoms with Gasteiger partial charge in [-0.2, -0.15) is 16.4 Å². The lowest BCUT2D eigenvalue weighted by atomic mass is 10.1. The topological polar surface area (TPSA) is 46.9 Å². The van der Waals surface area contributed by atoms with Crippen LogP contribution in [0.2, 0.25) is 0 Å². The van der Waals surface area contributed by atoms with E-state index in [-0.39, 0.29) is 17.8 Å². The molecule has 6 heteroatoms. The fourth-order valence-corrected chi connectivity index (χ4v) is 3.20. The van der Waals surface area contributed by atoms with Crippen LogP contribution in [0, 0.1) is 12.7 Å². The predicted octanol–water partition coefficient (Wildman–Crippen LogP) is 4.27. The highest BCUT2D eigenvalue weighted by molar-refractivity contribution is 7.08. The minimum atomic E-state index is -0.285. The molecule has 1 N–H and O–H groups in total. The Morgan fingerprint density at radius 2 is 2.08 bits per heavy atom. The van der Waals surface area contributed by atoms with Crippen molar-refractivity contribution in [2.45, 2.75) is 19.9 Å². The Hall–Kier alpha value is -2.73. The van der Waals surface area contributed by atoms with E-state index < -0.39 is 0 Å². The van der Waals surface area contributed by atoms with Gasteiger partial charge in [-0.15, -0.1) is 0 Å². The van der Waals surface area contributed by atoms with E-state index in [0.29, 0.717) is 0 Å². The second-order valence-electron chi connectivity index (χ2n) is 5.69. The second-order valence-corrected chi connectivity index (χ2v) is 6.47. The monoisotopic (exact) mass is 355 g/mol. The lowest BCUT2D eigenvalue weighted by molar-refractivity contribution is -0.117. The molecule has 1 aromatic carbocycles. The van der Waals surface area contributed by atoms with Crippen molar-refractivity contribution < 1.29 is 9.18 Å². The summed E-state index contributed by atoms with van der Waals surface area (Å²) >= 11 is 1.59. The number of thiophene rings is 1. The molecule has 25 heavy (non-hydrogen) atoms. The van der Waals surface area contributed by atoms with E-state index in [0.717, 1.165) is 22.5 Å². The van der Waals surface area contributed by atoms with Crippen molar-refractivity contribution in [3.63, 3.8) is 0 Å². The van der Waals surface area contributed by atoms with Gasteiger partial charge in [-0.3, -0.25) is 4.79 Å². The number of carbonyl (C=O) groups excluding carboxylic acids is 1. The number of benzene rings is 1. The third-order valence-corrected chi connectivity index (χ3v) is 4.62. The number of aromatic nitrogens is 2. The Morgan fingerprint density at radius 1 is 1.32 bits per heavy atom. The zero-order chi connectivity index (χ0) is 17.8. The zero-order valence-electron chi connectivity index (χ0n) is 13.9. The molecule has 3 rings (SSSR count). The molecule has 0 saturated carbocycles.